The van der Waals surface area contributed by atoms with Crippen molar-refractivity contribution >= 4 is 17.8 Å². The smallest absolute Gasteiger partial charge is 0.331 e. The normalized spacial score (nSPS) is 28.6. The zero-order valence-corrected chi connectivity index (χ0v) is 12.0. The van der Waals surface area contributed by atoms with E-state index in [-0.39, 0.29) is 24.3 Å². The number of methoxy groups -OCH3 is 1. The molecule has 20 heavy (non-hydrogen) atoms. The predicted octanol–water partition coefficient (Wildman–Crippen LogP) is 0.810. The Morgan fingerprint density at radius 3 is 2.45 bits per heavy atom. The van der Waals surface area contributed by atoms with Gasteiger partial charge in [0.25, 0.3) is 0 Å². The summed E-state index contributed by atoms with van der Waals surface area (Å²) in [7, 11) is 1.22. The first kappa shape index (κ1) is 16.2. The van der Waals surface area contributed by atoms with Crippen molar-refractivity contribution in [2.24, 2.45) is 11.8 Å². The van der Waals surface area contributed by atoms with Crippen LogP contribution in [-0.2, 0) is 23.9 Å². The van der Waals surface area contributed by atoms with Gasteiger partial charge in [0.1, 0.15) is 6.61 Å². The fourth-order valence-corrected chi connectivity index (χ4v) is 1.74. The number of hydrogen-bond acceptors (Lipinski definition) is 5. The molecule has 1 heterocycles. The monoisotopic (exact) mass is 283 g/mol. The molecule has 1 amide bonds. The molecule has 0 bridgehead atoms. The van der Waals surface area contributed by atoms with Crippen LogP contribution in [0, 0.1) is 11.8 Å². The Morgan fingerprint density at radius 2 is 1.85 bits per heavy atom. The lowest BCUT2D eigenvalue weighted by atomic mass is 10.0. The molecule has 112 valence electrons. The van der Waals surface area contributed by atoms with Crippen molar-refractivity contribution in [1.29, 1.82) is 0 Å². The number of ether oxygens (including phenoxy) is 2. The molecule has 0 aromatic rings. The van der Waals surface area contributed by atoms with Crippen LogP contribution in [0.15, 0.2) is 12.2 Å². The second kappa shape index (κ2) is 7.67. The van der Waals surface area contributed by atoms with Crippen LogP contribution in [0.5, 0.6) is 0 Å². The molecule has 1 rings (SSSR count). The fraction of sp³-hybridized carbons (Fsp3) is 0.643. The van der Waals surface area contributed by atoms with Gasteiger partial charge in [-0.15, -0.1) is 0 Å². The molecule has 1 aliphatic rings. The largest absolute Gasteiger partial charge is 0.467 e. The molecule has 0 unspecified atom stereocenters. The van der Waals surface area contributed by atoms with E-state index in [0.717, 1.165) is 0 Å². The zero-order valence-electron chi connectivity index (χ0n) is 12.0. The lowest BCUT2D eigenvalue weighted by molar-refractivity contribution is -0.154. The van der Waals surface area contributed by atoms with Crippen molar-refractivity contribution in [3.8, 4) is 0 Å². The molecule has 6 heteroatoms. The Bertz CT molecular complexity index is 404. The van der Waals surface area contributed by atoms with Gasteiger partial charge in [0.2, 0.25) is 5.91 Å². The van der Waals surface area contributed by atoms with E-state index in [1.165, 1.54) is 7.11 Å². The molecule has 0 aromatic carbocycles. The fourth-order valence-electron chi connectivity index (χ4n) is 1.74. The zero-order chi connectivity index (χ0) is 15.1. The molecule has 0 radical (unpaired) electrons. The molecule has 0 saturated carbocycles. The molecule has 0 aliphatic carbocycles. The molecule has 6 nitrogen and oxygen atoms in total. The summed E-state index contributed by atoms with van der Waals surface area (Å²) in [5.41, 5.74) is 0. The van der Waals surface area contributed by atoms with Gasteiger partial charge in [-0.25, -0.2) is 4.79 Å². The Kier molecular flexibility index (Phi) is 6.21. The minimum absolute atomic E-state index is 0.210. The summed E-state index contributed by atoms with van der Waals surface area (Å²) in [5, 5.41) is 2.55. The van der Waals surface area contributed by atoms with Crippen LogP contribution >= 0.6 is 0 Å². The molecular weight excluding hydrogens is 262 g/mol. The van der Waals surface area contributed by atoms with E-state index in [9.17, 15) is 14.4 Å². The van der Waals surface area contributed by atoms with Crippen molar-refractivity contribution in [3.63, 3.8) is 0 Å². The summed E-state index contributed by atoms with van der Waals surface area (Å²) in [6, 6.07) is -0.963. The van der Waals surface area contributed by atoms with Crippen LogP contribution in [0.4, 0.5) is 0 Å². The topological polar surface area (TPSA) is 81.7 Å². The highest BCUT2D eigenvalue weighted by Gasteiger charge is 2.26. The van der Waals surface area contributed by atoms with Crippen LogP contribution < -0.4 is 5.32 Å². The number of carbonyl (C=O) groups excluding carboxylic acids is 3. The maximum atomic E-state index is 11.9. The number of esters is 2. The van der Waals surface area contributed by atoms with E-state index in [2.05, 4.69) is 10.1 Å². The van der Waals surface area contributed by atoms with Gasteiger partial charge >= 0.3 is 11.9 Å². The van der Waals surface area contributed by atoms with Gasteiger partial charge in [-0.1, -0.05) is 26.0 Å². The number of cyclic esters (lactones) is 1. The number of carbonyl (C=O) groups is 3. The molecule has 1 N–H and O–H groups in total. The molecule has 1 aliphatic heterocycles. The van der Waals surface area contributed by atoms with Crippen LogP contribution in [0.1, 0.15) is 26.7 Å². The summed E-state index contributed by atoms with van der Waals surface area (Å²) in [6.07, 6.45) is 4.84. The lowest BCUT2D eigenvalue weighted by Gasteiger charge is -2.20. The van der Waals surface area contributed by atoms with Gasteiger partial charge in [-0.3, -0.25) is 9.59 Å². The average molecular weight is 283 g/mol. The maximum absolute atomic E-state index is 11.9. The van der Waals surface area contributed by atoms with Gasteiger partial charge in [0.05, 0.1) is 13.0 Å². The number of nitrogens with one attached hydrogen (secondary N) is 1. The van der Waals surface area contributed by atoms with E-state index in [0.29, 0.717) is 12.8 Å². The third-order valence-corrected chi connectivity index (χ3v) is 3.19. The SMILES string of the molecule is COC(=O)[C@@H]1COC(=O)[C@H](C)CC=CC[C@@H](C)C(=O)N1. The van der Waals surface area contributed by atoms with Crippen LogP contribution in [0.25, 0.3) is 0 Å². The molecule has 0 fully saturated rings. The van der Waals surface area contributed by atoms with Crippen LogP contribution in [-0.4, -0.2) is 37.6 Å². The minimum atomic E-state index is -0.963. The molecule has 0 spiro atoms. The van der Waals surface area contributed by atoms with Crippen molar-refractivity contribution in [2.45, 2.75) is 32.7 Å². The number of allylic oxidation sites excluding steroid dienone is 2. The van der Waals surface area contributed by atoms with Gasteiger partial charge in [0.15, 0.2) is 6.04 Å². The standard InChI is InChI=1S/C14H21NO5/c1-9-6-4-5-7-10(2)13(17)20-8-11(14(18)19-3)15-12(9)16/h4-5,9-11H,6-8H2,1-3H3,(H,15,16)/t9-,10-,11+/m1/s1. The number of amides is 1. The Labute approximate surface area is 118 Å². The molecule has 0 aromatic heterocycles. The average Bonchev–Trinajstić information content (AvgIpc) is 2.44. The Balaban J connectivity index is 2.84. The second-order valence-corrected chi connectivity index (χ2v) is 4.96. The summed E-state index contributed by atoms with van der Waals surface area (Å²) in [4.78, 5) is 35.2. The van der Waals surface area contributed by atoms with Crippen molar-refractivity contribution in [3.05, 3.63) is 12.2 Å². The van der Waals surface area contributed by atoms with Gasteiger partial charge in [-0.2, -0.15) is 0 Å². The first-order valence-corrected chi connectivity index (χ1v) is 6.65. The van der Waals surface area contributed by atoms with Crippen LogP contribution in [0.3, 0.4) is 0 Å². The van der Waals surface area contributed by atoms with Crippen LogP contribution in [0.2, 0.25) is 0 Å². The van der Waals surface area contributed by atoms with Gasteiger partial charge < -0.3 is 14.8 Å². The lowest BCUT2D eigenvalue weighted by Crippen LogP contribution is -2.47. The first-order chi connectivity index (χ1) is 9.45. The van der Waals surface area contributed by atoms with E-state index in [1.54, 1.807) is 13.8 Å². The van der Waals surface area contributed by atoms with E-state index >= 15 is 0 Å². The summed E-state index contributed by atoms with van der Waals surface area (Å²) >= 11 is 0. The number of hydrogen-bond donors (Lipinski definition) is 1. The summed E-state index contributed by atoms with van der Waals surface area (Å²) in [5.74, 6) is -1.83. The van der Waals surface area contributed by atoms with E-state index in [1.807, 2.05) is 12.2 Å². The molecular formula is C14H21NO5. The molecule has 3 atom stereocenters. The molecule has 0 saturated heterocycles. The predicted molar refractivity (Wildman–Crippen MR) is 71.6 cm³/mol. The summed E-state index contributed by atoms with van der Waals surface area (Å²) < 4.78 is 9.66. The van der Waals surface area contributed by atoms with Gasteiger partial charge in [-0.05, 0) is 12.8 Å². The van der Waals surface area contributed by atoms with Crippen molar-refractivity contribution in [2.75, 3.05) is 13.7 Å². The Morgan fingerprint density at radius 1 is 1.25 bits per heavy atom. The maximum Gasteiger partial charge on any atom is 0.331 e. The van der Waals surface area contributed by atoms with Crippen molar-refractivity contribution < 1.29 is 23.9 Å². The van der Waals surface area contributed by atoms with Crippen molar-refractivity contribution in [1.82, 2.24) is 5.32 Å². The second-order valence-electron chi connectivity index (χ2n) is 4.96. The van der Waals surface area contributed by atoms with E-state index < -0.39 is 18.0 Å². The third kappa shape index (κ3) is 4.68. The number of rotatable bonds is 1. The highest BCUT2D eigenvalue weighted by Crippen LogP contribution is 2.11. The highest BCUT2D eigenvalue weighted by molar-refractivity contribution is 5.86. The third-order valence-electron chi connectivity index (χ3n) is 3.19. The van der Waals surface area contributed by atoms with E-state index in [4.69, 9.17) is 4.74 Å². The quantitative estimate of drug-likeness (QED) is 0.569. The highest BCUT2D eigenvalue weighted by atomic mass is 16.5. The minimum Gasteiger partial charge on any atom is -0.467 e. The van der Waals surface area contributed by atoms with Gasteiger partial charge in [0, 0.05) is 5.92 Å². The first-order valence-electron chi connectivity index (χ1n) is 6.65. The summed E-state index contributed by atoms with van der Waals surface area (Å²) in [6.45, 7) is 3.32. The Hall–Kier alpha value is -1.85.